The van der Waals surface area contributed by atoms with Gasteiger partial charge in [0.05, 0.1) is 25.4 Å². The van der Waals surface area contributed by atoms with Crippen LogP contribution in [0, 0.1) is 0 Å². The molecule has 1 aliphatic carbocycles. The lowest BCUT2D eigenvalue weighted by atomic mass is 9.95. The maximum atomic E-state index is 12.4. The van der Waals surface area contributed by atoms with Crippen LogP contribution in [0.25, 0.3) is 5.70 Å². The Morgan fingerprint density at radius 2 is 1.88 bits per heavy atom. The van der Waals surface area contributed by atoms with Crippen molar-refractivity contribution in [1.29, 1.82) is 0 Å². The van der Waals surface area contributed by atoms with Crippen LogP contribution in [0.5, 0.6) is 0 Å². The summed E-state index contributed by atoms with van der Waals surface area (Å²) in [6, 6.07) is 6.63. The number of hydrogen-bond acceptors (Lipinski definition) is 6. The highest BCUT2D eigenvalue weighted by atomic mass is 16.5. The van der Waals surface area contributed by atoms with Gasteiger partial charge in [-0.05, 0) is 38.3 Å². The Morgan fingerprint density at radius 3 is 2.42 bits per heavy atom. The molecule has 0 aromatic heterocycles. The normalized spacial score (nSPS) is 16.7. The van der Waals surface area contributed by atoms with Gasteiger partial charge in [-0.3, -0.25) is 14.5 Å². The van der Waals surface area contributed by atoms with Crippen LogP contribution < -0.4 is 0 Å². The van der Waals surface area contributed by atoms with Gasteiger partial charge < -0.3 is 14.2 Å². The first-order valence-corrected chi connectivity index (χ1v) is 8.62. The lowest BCUT2D eigenvalue weighted by Crippen LogP contribution is -2.46. The van der Waals surface area contributed by atoms with Crippen molar-refractivity contribution in [3.05, 3.63) is 41.2 Å². The predicted octanol–water partition coefficient (Wildman–Crippen LogP) is 2.12. The third-order valence-electron chi connectivity index (χ3n) is 4.43. The smallest absolute Gasteiger partial charge is 0.337 e. The van der Waals surface area contributed by atoms with E-state index in [0.717, 1.165) is 19.3 Å². The van der Waals surface area contributed by atoms with Gasteiger partial charge in [0.15, 0.2) is 0 Å². The molecule has 0 radical (unpaired) electrons. The second-order valence-corrected chi connectivity index (χ2v) is 6.11. The summed E-state index contributed by atoms with van der Waals surface area (Å²) in [7, 11) is 1.31. The average Bonchev–Trinajstić information content (AvgIpc) is 2.61. The van der Waals surface area contributed by atoms with E-state index in [2.05, 4.69) is 4.74 Å². The summed E-state index contributed by atoms with van der Waals surface area (Å²) in [4.78, 5) is 37.2. The van der Waals surface area contributed by atoms with Gasteiger partial charge in [0.2, 0.25) is 5.76 Å². The monoisotopic (exact) mass is 359 g/mol. The van der Waals surface area contributed by atoms with Crippen LogP contribution in [0.3, 0.4) is 0 Å². The number of hydrogen-bond donors (Lipinski definition) is 0. The highest BCUT2D eigenvalue weighted by molar-refractivity contribution is 6.13. The summed E-state index contributed by atoms with van der Waals surface area (Å²) in [5, 5.41) is 0. The summed E-state index contributed by atoms with van der Waals surface area (Å²) >= 11 is 0. The van der Waals surface area contributed by atoms with Gasteiger partial charge in [0.25, 0.3) is 5.91 Å². The molecule has 3 rings (SSSR count). The van der Waals surface area contributed by atoms with Gasteiger partial charge in [0.1, 0.15) is 12.2 Å². The van der Waals surface area contributed by atoms with Gasteiger partial charge in [-0.15, -0.1) is 0 Å². The Morgan fingerprint density at radius 1 is 1.19 bits per heavy atom. The zero-order valence-corrected chi connectivity index (χ0v) is 14.8. The first kappa shape index (κ1) is 18.0. The van der Waals surface area contributed by atoms with E-state index in [9.17, 15) is 14.4 Å². The number of methoxy groups -OCH3 is 1. The van der Waals surface area contributed by atoms with Crippen molar-refractivity contribution in [2.45, 2.75) is 32.3 Å². The number of rotatable bonds is 7. The van der Waals surface area contributed by atoms with Crippen molar-refractivity contribution in [1.82, 2.24) is 4.90 Å². The largest absolute Gasteiger partial charge is 0.483 e. The van der Waals surface area contributed by atoms with Crippen LogP contribution >= 0.6 is 0 Å². The summed E-state index contributed by atoms with van der Waals surface area (Å²) < 4.78 is 15.4. The molecule has 138 valence electrons. The molecular formula is C19H21NO6. The maximum absolute atomic E-state index is 12.4. The fraction of sp³-hybridized carbons (Fsp3) is 0.421. The van der Waals surface area contributed by atoms with Crippen molar-refractivity contribution in [3.8, 4) is 0 Å². The number of amides is 1. The summed E-state index contributed by atoms with van der Waals surface area (Å²) in [5.41, 5.74) is 1.64. The Labute approximate surface area is 151 Å². The second kappa shape index (κ2) is 7.59. The molecule has 1 fully saturated rings. The second-order valence-electron chi connectivity index (χ2n) is 6.11. The van der Waals surface area contributed by atoms with Gasteiger partial charge in [-0.25, -0.2) is 4.79 Å². The van der Waals surface area contributed by atoms with Crippen LogP contribution in [0.1, 0.15) is 42.1 Å². The molecule has 0 atom stereocenters. The Hall–Kier alpha value is -2.83. The van der Waals surface area contributed by atoms with Gasteiger partial charge in [-0.2, -0.15) is 0 Å². The van der Waals surface area contributed by atoms with Crippen molar-refractivity contribution in [2.75, 3.05) is 20.3 Å². The van der Waals surface area contributed by atoms with E-state index in [-0.39, 0.29) is 30.9 Å². The minimum atomic E-state index is -0.479. The molecule has 1 heterocycles. The molecule has 0 bridgehead atoms. The predicted molar refractivity (Wildman–Crippen MR) is 91.8 cm³/mol. The molecule has 1 aliphatic heterocycles. The van der Waals surface area contributed by atoms with Gasteiger partial charge >= 0.3 is 11.9 Å². The minimum Gasteiger partial charge on any atom is -0.483 e. The molecular weight excluding hydrogens is 338 g/mol. The third-order valence-corrected chi connectivity index (χ3v) is 4.43. The highest BCUT2D eigenvalue weighted by Crippen LogP contribution is 2.37. The summed E-state index contributed by atoms with van der Waals surface area (Å²) in [6.45, 7) is 1.79. The first-order valence-electron chi connectivity index (χ1n) is 8.62. The van der Waals surface area contributed by atoms with Crippen molar-refractivity contribution in [2.24, 2.45) is 0 Å². The highest BCUT2D eigenvalue weighted by Gasteiger charge is 2.42. The number of esters is 2. The number of ether oxygens (including phenoxy) is 3. The minimum absolute atomic E-state index is 0.0445. The van der Waals surface area contributed by atoms with E-state index < -0.39 is 11.9 Å². The van der Waals surface area contributed by atoms with Crippen molar-refractivity contribution >= 4 is 23.5 Å². The maximum Gasteiger partial charge on any atom is 0.337 e. The Balaban J connectivity index is 1.86. The molecule has 7 heteroatoms. The zero-order chi connectivity index (χ0) is 18.7. The van der Waals surface area contributed by atoms with Crippen LogP contribution in [0.4, 0.5) is 0 Å². The fourth-order valence-corrected chi connectivity index (χ4v) is 2.81. The van der Waals surface area contributed by atoms with Crippen LogP contribution in [0.2, 0.25) is 0 Å². The lowest BCUT2D eigenvalue weighted by molar-refractivity contribution is -0.148. The molecule has 2 aliphatic rings. The Bertz CT molecular complexity index is 748. The topological polar surface area (TPSA) is 82.1 Å². The quantitative estimate of drug-likeness (QED) is 0.694. The molecule has 0 spiro atoms. The molecule has 1 aromatic carbocycles. The molecule has 0 unspecified atom stereocenters. The fourth-order valence-electron chi connectivity index (χ4n) is 2.81. The van der Waals surface area contributed by atoms with Crippen LogP contribution in [-0.4, -0.2) is 49.1 Å². The van der Waals surface area contributed by atoms with Crippen LogP contribution in [0.15, 0.2) is 30.0 Å². The van der Waals surface area contributed by atoms with E-state index in [1.807, 2.05) is 0 Å². The standard InChI is InChI=1S/C19H21NO6/c1-3-25-15(21)11-20-16(17(18(20)22)26-14-5-4-6-14)12-7-9-13(10-8-12)19(23)24-2/h7-10,14H,3-6,11H2,1-2H3. The number of benzene rings is 1. The number of carbonyl (C=O) groups excluding carboxylic acids is 3. The van der Waals surface area contributed by atoms with E-state index >= 15 is 0 Å². The van der Waals surface area contributed by atoms with Crippen molar-refractivity contribution in [3.63, 3.8) is 0 Å². The van der Waals surface area contributed by atoms with Gasteiger partial charge in [0, 0.05) is 5.56 Å². The lowest BCUT2D eigenvalue weighted by Gasteiger charge is -2.38. The average molecular weight is 359 g/mol. The van der Waals surface area contributed by atoms with E-state index in [1.165, 1.54) is 12.0 Å². The third kappa shape index (κ3) is 3.42. The summed E-state index contributed by atoms with van der Waals surface area (Å²) in [6.07, 6.45) is 2.97. The molecule has 1 aromatic rings. The molecule has 7 nitrogen and oxygen atoms in total. The molecule has 0 N–H and O–H groups in total. The first-order chi connectivity index (χ1) is 12.5. The number of carbonyl (C=O) groups is 3. The molecule has 26 heavy (non-hydrogen) atoms. The van der Waals surface area contributed by atoms with E-state index in [1.54, 1.807) is 31.2 Å². The zero-order valence-electron chi connectivity index (χ0n) is 14.8. The van der Waals surface area contributed by atoms with E-state index in [0.29, 0.717) is 16.8 Å². The van der Waals surface area contributed by atoms with Gasteiger partial charge in [-0.1, -0.05) is 12.1 Å². The molecule has 0 saturated heterocycles. The SMILES string of the molecule is CCOC(=O)CN1C(=O)C(OC2CCC2)=C1c1ccc(C(=O)OC)cc1. The molecule has 1 saturated carbocycles. The van der Waals surface area contributed by atoms with Crippen molar-refractivity contribution < 1.29 is 28.6 Å². The molecule has 1 amide bonds. The van der Waals surface area contributed by atoms with E-state index in [4.69, 9.17) is 9.47 Å². The van der Waals surface area contributed by atoms with Crippen LogP contribution in [-0.2, 0) is 23.8 Å². The number of nitrogens with zero attached hydrogens (tertiary/aromatic N) is 1. The summed E-state index contributed by atoms with van der Waals surface area (Å²) in [5.74, 6) is -0.974. The Kier molecular flexibility index (Phi) is 5.25.